The largest absolute Gasteiger partial charge is 0.481 e. The first-order valence-corrected chi connectivity index (χ1v) is 13.0. The molecule has 4 atom stereocenters. The fourth-order valence-corrected chi connectivity index (χ4v) is 3.79. The number of hydrogen-bond acceptors (Lipinski definition) is 7. The predicted molar refractivity (Wildman–Crippen MR) is 136 cm³/mol. The molecule has 7 N–H and O–H groups in total. The van der Waals surface area contributed by atoms with E-state index in [4.69, 9.17) is 10.8 Å². The normalized spacial score (nSPS) is 14.2. The molecule has 4 unspecified atom stereocenters. The first-order valence-electron chi connectivity index (χ1n) is 11.6. The second-order valence-corrected chi connectivity index (χ2v) is 9.69. The topological polar surface area (TPSA) is 188 Å². The number of hydrogen-bond donors (Lipinski definition) is 6. The molecule has 0 aliphatic heterocycles. The van der Waals surface area contributed by atoms with Gasteiger partial charge in [0.2, 0.25) is 17.7 Å². The van der Waals surface area contributed by atoms with Gasteiger partial charge in [0.05, 0.1) is 6.04 Å². The van der Waals surface area contributed by atoms with Gasteiger partial charge in [0, 0.05) is 6.42 Å². The molecule has 1 aromatic rings. The molecule has 0 saturated heterocycles. The molecule has 0 radical (unpaired) electrons. The van der Waals surface area contributed by atoms with E-state index >= 15 is 0 Å². The maximum absolute atomic E-state index is 13.0. The van der Waals surface area contributed by atoms with Crippen LogP contribution in [-0.2, 0) is 30.4 Å². The number of carboxylic acid groups (broad SMARTS) is 2. The maximum atomic E-state index is 13.0. The van der Waals surface area contributed by atoms with E-state index in [0.29, 0.717) is 5.75 Å². The molecule has 3 amide bonds. The number of nitrogens with one attached hydrogen (secondary N) is 3. The highest BCUT2D eigenvalue weighted by Crippen LogP contribution is 2.08. The first kappa shape index (κ1) is 30.9. The zero-order valence-corrected chi connectivity index (χ0v) is 21.5. The third-order valence-electron chi connectivity index (χ3n) is 5.39. The lowest BCUT2D eigenvalue weighted by molar-refractivity contribution is -0.143. The molecule has 200 valence electrons. The quantitative estimate of drug-likeness (QED) is 0.177. The van der Waals surface area contributed by atoms with Crippen LogP contribution in [0.2, 0.25) is 0 Å². The summed E-state index contributed by atoms with van der Waals surface area (Å²) in [7, 11) is 0. The summed E-state index contributed by atoms with van der Waals surface area (Å²) in [5.74, 6) is -4.38. The number of rotatable bonds is 16. The van der Waals surface area contributed by atoms with Gasteiger partial charge >= 0.3 is 11.9 Å². The van der Waals surface area contributed by atoms with Gasteiger partial charge in [-0.05, 0) is 42.8 Å². The highest BCUT2D eigenvalue weighted by molar-refractivity contribution is 7.98. The van der Waals surface area contributed by atoms with Crippen LogP contribution in [0.15, 0.2) is 30.3 Å². The smallest absolute Gasteiger partial charge is 0.326 e. The Morgan fingerprint density at radius 3 is 2.03 bits per heavy atom. The lowest BCUT2D eigenvalue weighted by Crippen LogP contribution is -2.58. The Labute approximate surface area is 215 Å². The van der Waals surface area contributed by atoms with E-state index in [1.54, 1.807) is 20.1 Å². The summed E-state index contributed by atoms with van der Waals surface area (Å²) in [6, 6.07) is 4.68. The molecule has 0 saturated carbocycles. The number of carbonyl (C=O) groups is 5. The van der Waals surface area contributed by atoms with Crippen LogP contribution in [0.5, 0.6) is 0 Å². The third kappa shape index (κ3) is 11.1. The van der Waals surface area contributed by atoms with E-state index in [0.717, 1.165) is 5.56 Å². The van der Waals surface area contributed by atoms with Gasteiger partial charge in [-0.15, -0.1) is 0 Å². The van der Waals surface area contributed by atoms with E-state index in [-0.39, 0.29) is 25.2 Å². The Kier molecular flexibility index (Phi) is 13.6. The zero-order valence-electron chi connectivity index (χ0n) is 20.7. The second kappa shape index (κ2) is 15.8. The van der Waals surface area contributed by atoms with Crippen molar-refractivity contribution in [2.45, 2.75) is 63.7 Å². The number of amides is 3. The Hall–Kier alpha value is -3.12. The lowest BCUT2D eigenvalue weighted by Gasteiger charge is -2.27. The van der Waals surface area contributed by atoms with Gasteiger partial charge in [0.15, 0.2) is 0 Å². The second-order valence-electron chi connectivity index (χ2n) is 8.70. The van der Waals surface area contributed by atoms with Crippen molar-refractivity contribution >= 4 is 41.4 Å². The highest BCUT2D eigenvalue weighted by Gasteiger charge is 2.31. The summed E-state index contributed by atoms with van der Waals surface area (Å²) in [4.78, 5) is 61.1. The van der Waals surface area contributed by atoms with Gasteiger partial charge in [0.25, 0.3) is 0 Å². The number of carboxylic acids is 2. The van der Waals surface area contributed by atoms with E-state index in [1.165, 1.54) is 11.8 Å². The highest BCUT2D eigenvalue weighted by atomic mass is 32.2. The van der Waals surface area contributed by atoms with Crippen molar-refractivity contribution in [3.8, 4) is 0 Å². The van der Waals surface area contributed by atoms with E-state index in [2.05, 4.69) is 16.0 Å². The summed E-state index contributed by atoms with van der Waals surface area (Å²) in [5, 5.41) is 25.9. The summed E-state index contributed by atoms with van der Waals surface area (Å²) in [5.41, 5.74) is 6.87. The molecule has 0 aliphatic rings. The van der Waals surface area contributed by atoms with Crippen molar-refractivity contribution < 1.29 is 34.2 Å². The van der Waals surface area contributed by atoms with Crippen molar-refractivity contribution in [1.29, 1.82) is 0 Å². The minimum absolute atomic E-state index is 0.159. The van der Waals surface area contributed by atoms with Gasteiger partial charge < -0.3 is 31.9 Å². The average Bonchev–Trinajstić information content (AvgIpc) is 2.82. The number of aliphatic carboxylic acids is 2. The molecule has 36 heavy (non-hydrogen) atoms. The monoisotopic (exact) mass is 524 g/mol. The minimum atomic E-state index is -1.30. The maximum Gasteiger partial charge on any atom is 0.326 e. The molecule has 0 fully saturated rings. The van der Waals surface area contributed by atoms with Gasteiger partial charge in [-0.25, -0.2) is 4.79 Å². The molecule has 0 heterocycles. The Balaban J connectivity index is 2.93. The number of carbonyl (C=O) groups excluding carboxylic acids is 3. The van der Waals surface area contributed by atoms with Crippen LogP contribution in [0.1, 0.15) is 38.7 Å². The number of nitrogens with two attached hydrogens (primary N) is 1. The van der Waals surface area contributed by atoms with Crippen molar-refractivity contribution in [2.24, 2.45) is 11.7 Å². The fraction of sp³-hybridized carbons (Fsp3) is 0.542. The number of benzene rings is 1. The Morgan fingerprint density at radius 2 is 1.50 bits per heavy atom. The van der Waals surface area contributed by atoms with Gasteiger partial charge in [0.1, 0.15) is 18.1 Å². The SMILES string of the molecule is CSCCC(NC(=O)C(CCC(=O)O)NC(=O)C(NC(=O)C(N)Cc1ccccc1)C(C)C)C(=O)O. The molecule has 0 bridgehead atoms. The summed E-state index contributed by atoms with van der Waals surface area (Å²) >= 11 is 1.41. The fourth-order valence-electron chi connectivity index (χ4n) is 3.32. The van der Waals surface area contributed by atoms with Crippen LogP contribution in [0.25, 0.3) is 0 Å². The molecule has 0 aliphatic carbocycles. The molecule has 11 nitrogen and oxygen atoms in total. The molecule has 0 spiro atoms. The third-order valence-corrected chi connectivity index (χ3v) is 6.03. The Bertz CT molecular complexity index is 898. The molecule has 1 aromatic carbocycles. The van der Waals surface area contributed by atoms with Gasteiger partial charge in [-0.1, -0.05) is 44.2 Å². The van der Waals surface area contributed by atoms with Crippen LogP contribution < -0.4 is 21.7 Å². The molecule has 12 heteroatoms. The van der Waals surface area contributed by atoms with Crippen LogP contribution in [0.3, 0.4) is 0 Å². The van der Waals surface area contributed by atoms with E-state index < -0.39 is 60.2 Å². The standard InChI is InChI=1S/C24H36N4O7S/c1-14(2)20(28-21(31)16(25)13-15-7-5-4-6-8-15)23(33)26-17(9-10-19(29)30)22(32)27-18(24(34)35)11-12-36-3/h4-8,14,16-18,20H,9-13,25H2,1-3H3,(H,26,33)(H,27,32)(H,28,31)(H,29,30)(H,34,35). The van der Waals surface area contributed by atoms with Gasteiger partial charge in [-0.2, -0.15) is 11.8 Å². The first-order chi connectivity index (χ1) is 17.0. The van der Waals surface area contributed by atoms with E-state index in [9.17, 15) is 29.1 Å². The molecule has 1 rings (SSSR count). The molecule has 0 aromatic heterocycles. The minimum Gasteiger partial charge on any atom is -0.481 e. The van der Waals surface area contributed by atoms with Crippen LogP contribution in [0, 0.1) is 5.92 Å². The van der Waals surface area contributed by atoms with Crippen LogP contribution in [-0.4, -0.2) is 76.0 Å². The molecular weight excluding hydrogens is 488 g/mol. The van der Waals surface area contributed by atoms with E-state index in [1.807, 2.05) is 30.3 Å². The zero-order chi connectivity index (χ0) is 27.3. The molecular formula is C24H36N4O7S. The summed E-state index contributed by atoms with van der Waals surface area (Å²) in [6.07, 6.45) is 1.53. The summed E-state index contributed by atoms with van der Waals surface area (Å²) in [6.45, 7) is 3.39. The van der Waals surface area contributed by atoms with Crippen LogP contribution in [0.4, 0.5) is 0 Å². The predicted octanol–water partition coefficient (Wildman–Crippen LogP) is 0.369. The van der Waals surface area contributed by atoms with Crippen molar-refractivity contribution in [3.63, 3.8) is 0 Å². The van der Waals surface area contributed by atoms with Crippen molar-refractivity contribution in [2.75, 3.05) is 12.0 Å². The van der Waals surface area contributed by atoms with Crippen molar-refractivity contribution in [3.05, 3.63) is 35.9 Å². The van der Waals surface area contributed by atoms with Crippen LogP contribution >= 0.6 is 11.8 Å². The number of thioether (sulfide) groups is 1. The average molecular weight is 525 g/mol. The van der Waals surface area contributed by atoms with Crippen molar-refractivity contribution in [1.82, 2.24) is 16.0 Å². The van der Waals surface area contributed by atoms with Gasteiger partial charge in [-0.3, -0.25) is 19.2 Å². The lowest BCUT2D eigenvalue weighted by atomic mass is 10.0. The summed E-state index contributed by atoms with van der Waals surface area (Å²) < 4.78 is 0. The Morgan fingerprint density at radius 1 is 0.889 bits per heavy atom.